The van der Waals surface area contributed by atoms with Crippen LogP contribution < -0.4 is 5.32 Å². The molecule has 1 saturated heterocycles. The monoisotopic (exact) mass is 241 g/mol. The summed E-state index contributed by atoms with van der Waals surface area (Å²) in [5.41, 5.74) is 1.03. The third-order valence-electron chi connectivity index (χ3n) is 3.04. The molecule has 0 spiro atoms. The van der Waals surface area contributed by atoms with E-state index in [1.165, 1.54) is 18.0 Å². The third kappa shape index (κ3) is 2.99. The van der Waals surface area contributed by atoms with Crippen molar-refractivity contribution in [3.63, 3.8) is 0 Å². The minimum Gasteiger partial charge on any atom is -0.378 e. The Morgan fingerprint density at radius 1 is 1.62 bits per heavy atom. The second-order valence-corrected chi connectivity index (χ2v) is 5.27. The van der Waals surface area contributed by atoms with E-state index in [1.54, 1.807) is 0 Å². The Labute approximate surface area is 101 Å². The molecule has 2 heterocycles. The molecule has 2 atom stereocenters. The predicted molar refractivity (Wildman–Crippen MR) is 64.3 cm³/mol. The van der Waals surface area contributed by atoms with Gasteiger partial charge in [0.15, 0.2) is 0 Å². The highest BCUT2D eigenvalue weighted by Crippen LogP contribution is 2.26. The van der Waals surface area contributed by atoms with E-state index in [4.69, 9.17) is 4.74 Å². The highest BCUT2D eigenvalue weighted by atomic mass is 32.1. The SMILES string of the molecule is CC(C)C1OCCC1CNCc1csnn1. The summed E-state index contributed by atoms with van der Waals surface area (Å²) >= 11 is 1.40. The molecule has 2 rings (SSSR count). The van der Waals surface area contributed by atoms with Gasteiger partial charge in [-0.05, 0) is 29.8 Å². The van der Waals surface area contributed by atoms with Gasteiger partial charge >= 0.3 is 0 Å². The first-order valence-electron chi connectivity index (χ1n) is 5.85. The highest BCUT2D eigenvalue weighted by molar-refractivity contribution is 7.03. The fourth-order valence-electron chi connectivity index (χ4n) is 2.26. The minimum absolute atomic E-state index is 0.418. The Morgan fingerprint density at radius 3 is 3.19 bits per heavy atom. The maximum atomic E-state index is 5.75. The lowest BCUT2D eigenvalue weighted by molar-refractivity contribution is 0.0539. The minimum atomic E-state index is 0.418. The normalized spacial score (nSPS) is 25.4. The summed E-state index contributed by atoms with van der Waals surface area (Å²) in [5.74, 6) is 1.25. The molecule has 4 nitrogen and oxygen atoms in total. The van der Waals surface area contributed by atoms with Crippen LogP contribution in [-0.2, 0) is 11.3 Å². The van der Waals surface area contributed by atoms with Crippen LogP contribution in [-0.4, -0.2) is 28.8 Å². The first kappa shape index (κ1) is 12.0. The van der Waals surface area contributed by atoms with E-state index in [-0.39, 0.29) is 0 Å². The molecule has 0 bridgehead atoms. The Balaban J connectivity index is 1.73. The zero-order chi connectivity index (χ0) is 11.4. The molecule has 0 amide bonds. The lowest BCUT2D eigenvalue weighted by Crippen LogP contribution is -2.31. The summed E-state index contributed by atoms with van der Waals surface area (Å²) in [7, 11) is 0. The first-order chi connectivity index (χ1) is 7.77. The van der Waals surface area contributed by atoms with Crippen LogP contribution in [0.1, 0.15) is 26.0 Å². The van der Waals surface area contributed by atoms with Gasteiger partial charge in [0.1, 0.15) is 0 Å². The summed E-state index contributed by atoms with van der Waals surface area (Å²) in [6.45, 7) is 7.20. The van der Waals surface area contributed by atoms with Gasteiger partial charge in [0.05, 0.1) is 11.8 Å². The lowest BCUT2D eigenvalue weighted by atomic mass is 9.93. The van der Waals surface area contributed by atoms with Gasteiger partial charge in [0.25, 0.3) is 0 Å². The average molecular weight is 241 g/mol. The Bertz CT molecular complexity index is 302. The van der Waals surface area contributed by atoms with Crippen molar-refractivity contribution >= 4 is 11.5 Å². The molecule has 0 aromatic carbocycles. The number of hydrogen-bond donors (Lipinski definition) is 1. The molecule has 16 heavy (non-hydrogen) atoms. The van der Waals surface area contributed by atoms with Crippen molar-refractivity contribution in [1.82, 2.24) is 14.9 Å². The maximum Gasteiger partial charge on any atom is 0.0893 e. The van der Waals surface area contributed by atoms with Crippen LogP contribution in [0.4, 0.5) is 0 Å². The van der Waals surface area contributed by atoms with Crippen LogP contribution in [0.2, 0.25) is 0 Å². The number of aromatic nitrogens is 2. The number of ether oxygens (including phenoxy) is 1. The lowest BCUT2D eigenvalue weighted by Gasteiger charge is -2.22. The highest BCUT2D eigenvalue weighted by Gasteiger charge is 2.30. The average Bonchev–Trinajstić information content (AvgIpc) is 2.87. The van der Waals surface area contributed by atoms with Crippen molar-refractivity contribution in [1.29, 1.82) is 0 Å². The van der Waals surface area contributed by atoms with E-state index in [0.717, 1.165) is 25.4 Å². The van der Waals surface area contributed by atoms with E-state index in [9.17, 15) is 0 Å². The summed E-state index contributed by atoms with van der Waals surface area (Å²) in [6, 6.07) is 0. The zero-order valence-corrected chi connectivity index (χ0v) is 10.7. The van der Waals surface area contributed by atoms with E-state index in [0.29, 0.717) is 17.9 Å². The summed E-state index contributed by atoms with van der Waals surface area (Å²) in [4.78, 5) is 0. The molecule has 1 fully saturated rings. The molecule has 1 aliphatic rings. The smallest absolute Gasteiger partial charge is 0.0893 e. The predicted octanol–water partition coefficient (Wildman–Crippen LogP) is 1.69. The third-order valence-corrected chi connectivity index (χ3v) is 3.59. The van der Waals surface area contributed by atoms with Gasteiger partial charge in [-0.2, -0.15) is 0 Å². The zero-order valence-electron chi connectivity index (χ0n) is 9.85. The standard InChI is InChI=1S/C11H19N3OS/c1-8(2)11-9(3-4-15-11)5-12-6-10-7-16-14-13-10/h7-9,11-12H,3-6H2,1-2H3. The van der Waals surface area contributed by atoms with Gasteiger partial charge in [0, 0.05) is 25.1 Å². The van der Waals surface area contributed by atoms with Crippen LogP contribution in [0.3, 0.4) is 0 Å². The van der Waals surface area contributed by atoms with E-state index < -0.39 is 0 Å². The molecule has 0 saturated carbocycles. The molecule has 1 aliphatic heterocycles. The quantitative estimate of drug-likeness (QED) is 0.852. The molecule has 1 N–H and O–H groups in total. The van der Waals surface area contributed by atoms with Crippen LogP contribution >= 0.6 is 11.5 Å². The number of rotatable bonds is 5. The molecular weight excluding hydrogens is 222 g/mol. The van der Waals surface area contributed by atoms with Gasteiger partial charge in [0.2, 0.25) is 0 Å². The van der Waals surface area contributed by atoms with Crippen molar-refractivity contribution < 1.29 is 4.74 Å². The van der Waals surface area contributed by atoms with Crippen molar-refractivity contribution in [3.05, 3.63) is 11.1 Å². The van der Waals surface area contributed by atoms with Crippen molar-refractivity contribution in [3.8, 4) is 0 Å². The molecule has 90 valence electrons. The molecule has 1 aromatic heterocycles. The van der Waals surface area contributed by atoms with Crippen LogP contribution in [0.25, 0.3) is 0 Å². The summed E-state index contributed by atoms with van der Waals surface area (Å²) < 4.78 is 9.59. The molecular formula is C11H19N3OS. The largest absolute Gasteiger partial charge is 0.378 e. The van der Waals surface area contributed by atoms with Gasteiger partial charge < -0.3 is 10.1 Å². The Morgan fingerprint density at radius 2 is 2.50 bits per heavy atom. The topological polar surface area (TPSA) is 47.0 Å². The molecule has 2 unspecified atom stereocenters. The fourth-order valence-corrected chi connectivity index (χ4v) is 2.71. The Hall–Kier alpha value is -0.520. The molecule has 5 heteroatoms. The second-order valence-electron chi connectivity index (χ2n) is 4.66. The number of hydrogen-bond acceptors (Lipinski definition) is 5. The van der Waals surface area contributed by atoms with E-state index in [2.05, 4.69) is 28.8 Å². The van der Waals surface area contributed by atoms with Crippen molar-refractivity contribution in [2.45, 2.75) is 32.9 Å². The summed E-state index contributed by atoms with van der Waals surface area (Å²) in [6.07, 6.45) is 1.59. The number of nitrogens with zero attached hydrogens (tertiary/aromatic N) is 2. The van der Waals surface area contributed by atoms with E-state index >= 15 is 0 Å². The first-order valence-corrected chi connectivity index (χ1v) is 6.69. The maximum absolute atomic E-state index is 5.75. The summed E-state index contributed by atoms with van der Waals surface area (Å²) in [5, 5.41) is 9.43. The van der Waals surface area contributed by atoms with Gasteiger partial charge in [-0.25, -0.2) is 0 Å². The van der Waals surface area contributed by atoms with Gasteiger partial charge in [-0.3, -0.25) is 0 Å². The van der Waals surface area contributed by atoms with Crippen LogP contribution in [0, 0.1) is 11.8 Å². The van der Waals surface area contributed by atoms with E-state index in [1.807, 2.05) is 5.38 Å². The van der Waals surface area contributed by atoms with Crippen molar-refractivity contribution in [2.75, 3.05) is 13.2 Å². The second kappa shape index (κ2) is 5.70. The molecule has 1 aromatic rings. The fraction of sp³-hybridized carbons (Fsp3) is 0.818. The Kier molecular flexibility index (Phi) is 4.26. The van der Waals surface area contributed by atoms with Crippen LogP contribution in [0.15, 0.2) is 5.38 Å². The van der Waals surface area contributed by atoms with Crippen molar-refractivity contribution in [2.24, 2.45) is 11.8 Å². The van der Waals surface area contributed by atoms with Gasteiger partial charge in [-0.1, -0.05) is 18.3 Å². The van der Waals surface area contributed by atoms with Gasteiger partial charge in [-0.15, -0.1) is 5.10 Å². The molecule has 0 radical (unpaired) electrons. The molecule has 0 aliphatic carbocycles. The number of nitrogens with one attached hydrogen (secondary N) is 1. The van der Waals surface area contributed by atoms with Crippen LogP contribution in [0.5, 0.6) is 0 Å².